The molecule has 4 nitrogen and oxygen atoms in total. The Hall–Kier alpha value is -0.610. The summed E-state index contributed by atoms with van der Waals surface area (Å²) in [5.74, 6) is 0.277. The summed E-state index contributed by atoms with van der Waals surface area (Å²) in [6.07, 6.45) is 2.85. The van der Waals surface area contributed by atoms with Gasteiger partial charge in [-0.15, -0.1) is 0 Å². The van der Waals surface area contributed by atoms with Gasteiger partial charge in [0.25, 0.3) is 0 Å². The molecular formula is C14H29N3O. The average Bonchev–Trinajstić information content (AvgIpc) is 2.38. The molecule has 0 aromatic rings. The molecule has 18 heavy (non-hydrogen) atoms. The number of amides is 1. The van der Waals surface area contributed by atoms with Gasteiger partial charge in [-0.2, -0.15) is 0 Å². The Morgan fingerprint density at radius 2 is 2.00 bits per heavy atom. The summed E-state index contributed by atoms with van der Waals surface area (Å²) in [7, 11) is 1.96. The Kier molecular flexibility index (Phi) is 6.65. The number of carbonyl (C=O) groups excluding carboxylic acids is 1. The predicted octanol–water partition coefficient (Wildman–Crippen LogP) is 1.32. The molecule has 1 heterocycles. The average molecular weight is 255 g/mol. The smallest absolute Gasteiger partial charge is 0.223 e. The van der Waals surface area contributed by atoms with Crippen LogP contribution in [-0.4, -0.2) is 61.0 Å². The highest BCUT2D eigenvalue weighted by molar-refractivity contribution is 5.76. The molecule has 0 atom stereocenters. The zero-order valence-electron chi connectivity index (χ0n) is 12.4. The van der Waals surface area contributed by atoms with Gasteiger partial charge in [-0.05, 0) is 33.2 Å². The van der Waals surface area contributed by atoms with Crippen LogP contribution < -0.4 is 5.32 Å². The van der Waals surface area contributed by atoms with Gasteiger partial charge in [0.15, 0.2) is 0 Å². The molecule has 0 bridgehead atoms. The van der Waals surface area contributed by atoms with E-state index in [1.807, 2.05) is 11.9 Å². The summed E-state index contributed by atoms with van der Waals surface area (Å²) >= 11 is 0. The quantitative estimate of drug-likeness (QED) is 0.727. The fourth-order valence-electron chi connectivity index (χ4n) is 2.54. The summed E-state index contributed by atoms with van der Waals surface area (Å²) in [5, 5.41) is 3.20. The summed E-state index contributed by atoms with van der Waals surface area (Å²) in [5.41, 5.74) is 0. The number of hydrogen-bond acceptors (Lipinski definition) is 3. The first kappa shape index (κ1) is 15.4. The second-order valence-electron chi connectivity index (χ2n) is 5.47. The molecule has 0 unspecified atom stereocenters. The van der Waals surface area contributed by atoms with Gasteiger partial charge in [-0.1, -0.05) is 6.92 Å². The van der Waals surface area contributed by atoms with Crippen molar-refractivity contribution in [1.29, 1.82) is 0 Å². The van der Waals surface area contributed by atoms with Crippen molar-refractivity contribution >= 4 is 5.91 Å². The molecule has 0 aliphatic carbocycles. The van der Waals surface area contributed by atoms with E-state index in [2.05, 4.69) is 31.0 Å². The van der Waals surface area contributed by atoms with Crippen LogP contribution in [0, 0.1) is 0 Å². The highest BCUT2D eigenvalue weighted by atomic mass is 16.2. The van der Waals surface area contributed by atoms with E-state index < -0.39 is 0 Å². The fourth-order valence-corrected chi connectivity index (χ4v) is 2.54. The van der Waals surface area contributed by atoms with Crippen LogP contribution in [0.15, 0.2) is 0 Å². The predicted molar refractivity (Wildman–Crippen MR) is 75.7 cm³/mol. The van der Waals surface area contributed by atoms with E-state index in [0.29, 0.717) is 18.5 Å². The second-order valence-corrected chi connectivity index (χ2v) is 5.47. The van der Waals surface area contributed by atoms with E-state index in [1.165, 1.54) is 0 Å². The number of likely N-dealkylation sites (tertiary alicyclic amines) is 1. The Balaban J connectivity index is 2.30. The third kappa shape index (κ3) is 4.58. The molecule has 1 N–H and O–H groups in total. The lowest BCUT2D eigenvalue weighted by Gasteiger charge is -2.38. The molecule has 1 fully saturated rings. The lowest BCUT2D eigenvalue weighted by Crippen LogP contribution is -2.47. The van der Waals surface area contributed by atoms with Crippen molar-refractivity contribution in [3.63, 3.8) is 0 Å². The maximum Gasteiger partial charge on any atom is 0.223 e. The van der Waals surface area contributed by atoms with Crippen LogP contribution in [0.25, 0.3) is 0 Å². The van der Waals surface area contributed by atoms with Gasteiger partial charge in [0, 0.05) is 45.2 Å². The Bertz CT molecular complexity index is 247. The minimum absolute atomic E-state index is 0.277. The normalized spacial score (nSPS) is 18.3. The van der Waals surface area contributed by atoms with Gasteiger partial charge < -0.3 is 15.1 Å². The first-order valence-electron chi connectivity index (χ1n) is 7.26. The van der Waals surface area contributed by atoms with Crippen LogP contribution in [0.5, 0.6) is 0 Å². The molecule has 0 spiro atoms. The Morgan fingerprint density at radius 3 is 2.50 bits per heavy atom. The van der Waals surface area contributed by atoms with Crippen molar-refractivity contribution in [3.05, 3.63) is 0 Å². The lowest BCUT2D eigenvalue weighted by molar-refractivity contribution is -0.132. The molecular weight excluding hydrogens is 226 g/mol. The summed E-state index contributed by atoms with van der Waals surface area (Å²) in [4.78, 5) is 16.5. The molecule has 1 saturated heterocycles. The standard InChI is InChI=1S/C14H29N3O/c1-5-15-9-6-14(18)16(4)13-7-10-17(11-8-13)12(2)3/h12-13,15H,5-11H2,1-4H3. The highest BCUT2D eigenvalue weighted by Gasteiger charge is 2.25. The minimum atomic E-state index is 0.277. The van der Waals surface area contributed by atoms with Crippen molar-refractivity contribution in [2.45, 2.75) is 52.1 Å². The Labute approximate surface area is 112 Å². The maximum atomic E-state index is 12.0. The van der Waals surface area contributed by atoms with Gasteiger partial charge in [-0.3, -0.25) is 4.79 Å². The molecule has 1 aliphatic rings. The Morgan fingerprint density at radius 1 is 1.39 bits per heavy atom. The van der Waals surface area contributed by atoms with E-state index in [-0.39, 0.29) is 5.91 Å². The number of nitrogens with zero attached hydrogens (tertiary/aromatic N) is 2. The van der Waals surface area contributed by atoms with Gasteiger partial charge in [0.1, 0.15) is 0 Å². The molecule has 1 amide bonds. The number of carbonyl (C=O) groups is 1. The number of nitrogens with one attached hydrogen (secondary N) is 1. The molecule has 0 saturated carbocycles. The van der Waals surface area contributed by atoms with Crippen LogP contribution >= 0.6 is 0 Å². The summed E-state index contributed by atoms with van der Waals surface area (Å²) in [6, 6.07) is 1.06. The van der Waals surface area contributed by atoms with Crippen LogP contribution in [0.4, 0.5) is 0 Å². The van der Waals surface area contributed by atoms with Gasteiger partial charge in [0.05, 0.1) is 0 Å². The first-order chi connectivity index (χ1) is 8.56. The van der Waals surface area contributed by atoms with Crippen LogP contribution in [0.1, 0.15) is 40.0 Å². The van der Waals surface area contributed by atoms with Crippen molar-refractivity contribution in [2.75, 3.05) is 33.2 Å². The van der Waals surface area contributed by atoms with Gasteiger partial charge in [-0.25, -0.2) is 0 Å². The van der Waals surface area contributed by atoms with E-state index in [4.69, 9.17) is 0 Å². The third-order valence-corrected chi connectivity index (χ3v) is 3.94. The lowest BCUT2D eigenvalue weighted by atomic mass is 10.0. The summed E-state index contributed by atoms with van der Waals surface area (Å²) in [6.45, 7) is 10.5. The van der Waals surface area contributed by atoms with Gasteiger partial charge in [0.2, 0.25) is 5.91 Å². The van der Waals surface area contributed by atoms with Crippen LogP contribution in [0.3, 0.4) is 0 Å². The second kappa shape index (κ2) is 7.74. The van der Waals surface area contributed by atoms with E-state index in [9.17, 15) is 4.79 Å². The van der Waals surface area contributed by atoms with Crippen molar-refractivity contribution < 1.29 is 4.79 Å². The van der Waals surface area contributed by atoms with E-state index in [0.717, 1.165) is 39.0 Å². The molecule has 1 rings (SSSR count). The zero-order valence-corrected chi connectivity index (χ0v) is 12.4. The zero-order chi connectivity index (χ0) is 13.5. The molecule has 106 valence electrons. The third-order valence-electron chi connectivity index (χ3n) is 3.94. The molecule has 0 aromatic carbocycles. The largest absolute Gasteiger partial charge is 0.343 e. The molecule has 1 aliphatic heterocycles. The van der Waals surface area contributed by atoms with Crippen LogP contribution in [0.2, 0.25) is 0 Å². The summed E-state index contributed by atoms with van der Waals surface area (Å²) < 4.78 is 0. The highest BCUT2D eigenvalue weighted by Crippen LogP contribution is 2.17. The molecule has 0 aromatic heterocycles. The SMILES string of the molecule is CCNCCC(=O)N(C)C1CCN(C(C)C)CC1. The molecule has 4 heteroatoms. The monoisotopic (exact) mass is 255 g/mol. The number of rotatable bonds is 6. The van der Waals surface area contributed by atoms with Crippen molar-refractivity contribution in [1.82, 2.24) is 15.1 Å². The minimum Gasteiger partial charge on any atom is -0.343 e. The van der Waals surface area contributed by atoms with Crippen molar-refractivity contribution in [3.8, 4) is 0 Å². The van der Waals surface area contributed by atoms with Crippen molar-refractivity contribution in [2.24, 2.45) is 0 Å². The topological polar surface area (TPSA) is 35.6 Å². The molecule has 0 radical (unpaired) electrons. The van der Waals surface area contributed by atoms with Crippen LogP contribution in [-0.2, 0) is 4.79 Å². The number of hydrogen-bond donors (Lipinski definition) is 1. The fraction of sp³-hybridized carbons (Fsp3) is 0.929. The number of piperidine rings is 1. The maximum absolute atomic E-state index is 12.0. The van der Waals surface area contributed by atoms with Gasteiger partial charge >= 0.3 is 0 Å². The van der Waals surface area contributed by atoms with E-state index in [1.54, 1.807) is 0 Å². The van der Waals surface area contributed by atoms with E-state index >= 15 is 0 Å². The first-order valence-corrected chi connectivity index (χ1v) is 7.26.